The number of amides is 1. The molecule has 1 amide bonds. The first-order chi connectivity index (χ1) is 10.1. The number of hydrogen-bond donors (Lipinski definition) is 0. The van der Waals surface area contributed by atoms with Gasteiger partial charge in [-0.15, -0.1) is 11.8 Å². The van der Waals surface area contributed by atoms with Crippen molar-refractivity contribution in [2.45, 2.75) is 5.25 Å². The highest BCUT2D eigenvalue weighted by molar-refractivity contribution is 8.00. The molecule has 0 radical (unpaired) electrons. The summed E-state index contributed by atoms with van der Waals surface area (Å²) in [5.74, 6) is 0.344. The van der Waals surface area contributed by atoms with Crippen molar-refractivity contribution >= 4 is 41.3 Å². The summed E-state index contributed by atoms with van der Waals surface area (Å²) >= 11 is 7.42. The number of carbonyl (C=O) groups excluding carboxylic acids is 2. The second kappa shape index (κ2) is 7.52. The molecule has 1 atom stereocenters. The van der Waals surface area contributed by atoms with E-state index in [4.69, 9.17) is 16.3 Å². The lowest BCUT2D eigenvalue weighted by molar-refractivity contribution is -0.140. The van der Waals surface area contributed by atoms with Crippen molar-refractivity contribution in [3.63, 3.8) is 0 Å². The maximum absolute atomic E-state index is 12.2. The minimum Gasteiger partial charge on any atom is -0.468 e. The SMILES string of the molecule is COC(=O)[C@@H]1CN(C(=O)/C=C/c2cccc(Cl)c2)CCS1. The number of ether oxygens (including phenoxy) is 1. The molecule has 1 aliphatic rings. The van der Waals surface area contributed by atoms with Gasteiger partial charge in [-0.05, 0) is 23.8 Å². The molecule has 0 unspecified atom stereocenters. The van der Waals surface area contributed by atoms with Crippen molar-refractivity contribution in [2.24, 2.45) is 0 Å². The molecule has 1 aromatic carbocycles. The molecule has 0 bridgehead atoms. The second-order valence-electron chi connectivity index (χ2n) is 4.56. The first-order valence-electron chi connectivity index (χ1n) is 6.52. The van der Waals surface area contributed by atoms with E-state index in [0.717, 1.165) is 11.3 Å². The molecule has 112 valence electrons. The minimum atomic E-state index is -0.299. The van der Waals surface area contributed by atoms with Crippen LogP contribution in [0.25, 0.3) is 6.08 Å². The van der Waals surface area contributed by atoms with E-state index < -0.39 is 0 Å². The van der Waals surface area contributed by atoms with Gasteiger partial charge in [0.05, 0.1) is 7.11 Å². The van der Waals surface area contributed by atoms with E-state index in [-0.39, 0.29) is 17.1 Å². The van der Waals surface area contributed by atoms with Crippen LogP contribution in [0.5, 0.6) is 0 Å². The molecule has 1 fully saturated rings. The molecule has 0 aromatic heterocycles. The monoisotopic (exact) mass is 325 g/mol. The topological polar surface area (TPSA) is 46.6 Å². The van der Waals surface area contributed by atoms with Crippen LogP contribution in [0.4, 0.5) is 0 Å². The highest BCUT2D eigenvalue weighted by Gasteiger charge is 2.28. The van der Waals surface area contributed by atoms with Gasteiger partial charge in [0.25, 0.3) is 0 Å². The van der Waals surface area contributed by atoms with Gasteiger partial charge >= 0.3 is 5.97 Å². The van der Waals surface area contributed by atoms with Crippen LogP contribution in [0, 0.1) is 0 Å². The lowest BCUT2D eigenvalue weighted by atomic mass is 10.2. The number of rotatable bonds is 3. The van der Waals surface area contributed by atoms with Gasteiger partial charge in [0, 0.05) is 29.9 Å². The number of methoxy groups -OCH3 is 1. The summed E-state index contributed by atoms with van der Waals surface area (Å²) in [5.41, 5.74) is 0.867. The van der Waals surface area contributed by atoms with E-state index in [1.54, 1.807) is 23.1 Å². The van der Waals surface area contributed by atoms with E-state index in [1.165, 1.54) is 24.9 Å². The zero-order valence-corrected chi connectivity index (χ0v) is 13.2. The molecule has 21 heavy (non-hydrogen) atoms. The number of carbonyl (C=O) groups is 2. The van der Waals surface area contributed by atoms with Crippen LogP contribution in [-0.4, -0.2) is 48.0 Å². The third-order valence-corrected chi connectivity index (χ3v) is 4.51. The Morgan fingerprint density at radius 1 is 1.48 bits per heavy atom. The normalized spacial score (nSPS) is 18.8. The first kappa shape index (κ1) is 15.9. The second-order valence-corrected chi connectivity index (χ2v) is 6.30. The van der Waals surface area contributed by atoms with Gasteiger partial charge in [0.15, 0.2) is 0 Å². The Morgan fingerprint density at radius 2 is 2.29 bits per heavy atom. The molecule has 0 aliphatic carbocycles. The summed E-state index contributed by atoms with van der Waals surface area (Å²) in [6.45, 7) is 1.02. The molecule has 2 rings (SSSR count). The molecular weight excluding hydrogens is 310 g/mol. The number of hydrogen-bond acceptors (Lipinski definition) is 4. The maximum Gasteiger partial charge on any atom is 0.320 e. The molecule has 1 saturated heterocycles. The quantitative estimate of drug-likeness (QED) is 0.632. The smallest absolute Gasteiger partial charge is 0.320 e. The zero-order chi connectivity index (χ0) is 15.2. The Hall–Kier alpha value is -1.46. The molecule has 4 nitrogen and oxygen atoms in total. The average molecular weight is 326 g/mol. The maximum atomic E-state index is 12.2. The van der Waals surface area contributed by atoms with Crippen molar-refractivity contribution in [3.05, 3.63) is 40.9 Å². The standard InChI is InChI=1S/C15H16ClNO3S/c1-20-15(19)13-10-17(7-8-21-13)14(18)6-5-11-3-2-4-12(16)9-11/h2-6,9,13H,7-8,10H2,1H3/b6-5+/t13-/m0/s1. The summed E-state index contributed by atoms with van der Waals surface area (Å²) in [5, 5.41) is 0.331. The molecule has 0 saturated carbocycles. The van der Waals surface area contributed by atoms with Crippen LogP contribution in [0.15, 0.2) is 30.3 Å². The van der Waals surface area contributed by atoms with Gasteiger partial charge in [-0.2, -0.15) is 0 Å². The largest absolute Gasteiger partial charge is 0.468 e. The van der Waals surface area contributed by atoms with Gasteiger partial charge in [-0.1, -0.05) is 23.7 Å². The molecule has 0 spiro atoms. The average Bonchev–Trinajstić information content (AvgIpc) is 2.52. The Kier molecular flexibility index (Phi) is 5.70. The van der Waals surface area contributed by atoms with E-state index in [9.17, 15) is 9.59 Å². The first-order valence-corrected chi connectivity index (χ1v) is 7.95. The number of benzene rings is 1. The summed E-state index contributed by atoms with van der Waals surface area (Å²) < 4.78 is 4.73. The summed E-state index contributed by atoms with van der Waals surface area (Å²) in [7, 11) is 1.36. The highest BCUT2D eigenvalue weighted by Crippen LogP contribution is 2.20. The number of nitrogens with zero attached hydrogens (tertiary/aromatic N) is 1. The van der Waals surface area contributed by atoms with Gasteiger partial charge in [0.1, 0.15) is 5.25 Å². The molecule has 0 N–H and O–H groups in total. The van der Waals surface area contributed by atoms with Gasteiger partial charge < -0.3 is 9.64 Å². The lowest BCUT2D eigenvalue weighted by Gasteiger charge is -2.30. The number of esters is 1. The van der Waals surface area contributed by atoms with Crippen LogP contribution in [0.2, 0.25) is 5.02 Å². The van der Waals surface area contributed by atoms with Gasteiger partial charge in [0.2, 0.25) is 5.91 Å². The highest BCUT2D eigenvalue weighted by atomic mass is 35.5. The van der Waals surface area contributed by atoms with Crippen LogP contribution >= 0.6 is 23.4 Å². The third kappa shape index (κ3) is 4.51. The van der Waals surface area contributed by atoms with Crippen molar-refractivity contribution in [1.29, 1.82) is 0 Å². The molecule has 1 aromatic rings. The Labute approximate surface area is 133 Å². The van der Waals surface area contributed by atoms with E-state index >= 15 is 0 Å². The fourth-order valence-electron chi connectivity index (χ4n) is 2.01. The van der Waals surface area contributed by atoms with Gasteiger partial charge in [-0.25, -0.2) is 0 Å². The van der Waals surface area contributed by atoms with Crippen LogP contribution in [0.1, 0.15) is 5.56 Å². The Morgan fingerprint density at radius 3 is 3.00 bits per heavy atom. The molecular formula is C15H16ClNO3S. The van der Waals surface area contributed by atoms with Crippen LogP contribution in [-0.2, 0) is 14.3 Å². The van der Waals surface area contributed by atoms with E-state index in [2.05, 4.69) is 0 Å². The fraction of sp³-hybridized carbons (Fsp3) is 0.333. The Bertz CT molecular complexity index is 562. The molecule has 6 heteroatoms. The predicted octanol–water partition coefficient (Wildman–Crippen LogP) is 2.47. The predicted molar refractivity (Wildman–Crippen MR) is 85.3 cm³/mol. The van der Waals surface area contributed by atoms with Crippen LogP contribution < -0.4 is 0 Å². The van der Waals surface area contributed by atoms with Crippen molar-refractivity contribution < 1.29 is 14.3 Å². The molecule has 1 heterocycles. The summed E-state index contributed by atoms with van der Waals surface area (Å²) in [6.07, 6.45) is 3.24. The van der Waals surface area contributed by atoms with Crippen molar-refractivity contribution in [2.75, 3.05) is 26.0 Å². The fourth-order valence-corrected chi connectivity index (χ4v) is 3.33. The van der Waals surface area contributed by atoms with Crippen molar-refractivity contribution in [1.82, 2.24) is 4.90 Å². The van der Waals surface area contributed by atoms with E-state index in [1.807, 2.05) is 12.1 Å². The number of halogens is 1. The van der Waals surface area contributed by atoms with Gasteiger partial charge in [-0.3, -0.25) is 9.59 Å². The molecule has 1 aliphatic heterocycles. The lowest BCUT2D eigenvalue weighted by Crippen LogP contribution is -2.44. The summed E-state index contributed by atoms with van der Waals surface area (Å²) in [6, 6.07) is 7.27. The Balaban J connectivity index is 1.98. The third-order valence-electron chi connectivity index (χ3n) is 3.11. The minimum absolute atomic E-state index is 0.107. The van der Waals surface area contributed by atoms with Crippen molar-refractivity contribution in [3.8, 4) is 0 Å². The van der Waals surface area contributed by atoms with E-state index in [0.29, 0.717) is 18.1 Å². The van der Waals surface area contributed by atoms with Crippen LogP contribution in [0.3, 0.4) is 0 Å². The number of thioether (sulfide) groups is 1. The summed E-state index contributed by atoms with van der Waals surface area (Å²) in [4.78, 5) is 25.4. The zero-order valence-electron chi connectivity index (χ0n) is 11.6.